The third-order valence-corrected chi connectivity index (χ3v) is 8.27. The summed E-state index contributed by atoms with van der Waals surface area (Å²) in [5.41, 5.74) is 4.51. The van der Waals surface area contributed by atoms with Gasteiger partial charge in [-0.3, -0.25) is 9.59 Å². The largest absolute Gasteiger partial charge is 0.381 e. The van der Waals surface area contributed by atoms with E-state index in [2.05, 4.69) is 32.5 Å². The molecular formula is C32H34ClN7O3. The maximum Gasteiger partial charge on any atom is 0.253 e. The molecule has 43 heavy (non-hydrogen) atoms. The SMILES string of the molecule is C=CC(=O)Nc1ccc(C(=O)N2CCC(Nc3ncc(Cl)c(-c4c[nH]c5ccccc45)n3)CC2)cc1NC1CCOCC1. The van der Waals surface area contributed by atoms with Crippen LogP contribution in [0.5, 0.6) is 0 Å². The van der Waals surface area contributed by atoms with E-state index >= 15 is 0 Å². The third kappa shape index (κ3) is 6.50. The van der Waals surface area contributed by atoms with E-state index in [1.807, 2.05) is 41.4 Å². The van der Waals surface area contributed by atoms with Crippen molar-refractivity contribution in [2.45, 2.75) is 37.8 Å². The molecule has 2 aliphatic heterocycles. The fourth-order valence-electron chi connectivity index (χ4n) is 5.64. The van der Waals surface area contributed by atoms with Crippen LogP contribution in [0.4, 0.5) is 17.3 Å². The number of anilines is 3. The quantitative estimate of drug-likeness (QED) is 0.191. The lowest BCUT2D eigenvalue weighted by Gasteiger charge is -2.33. The lowest BCUT2D eigenvalue weighted by atomic mass is 10.0. The Kier molecular flexibility index (Phi) is 8.57. The molecule has 0 atom stereocenters. The number of halogens is 1. The third-order valence-electron chi connectivity index (χ3n) is 7.99. The Morgan fingerprint density at radius 1 is 1.02 bits per heavy atom. The van der Waals surface area contributed by atoms with Crippen molar-refractivity contribution in [3.8, 4) is 11.3 Å². The van der Waals surface area contributed by atoms with Gasteiger partial charge in [0.05, 0.1) is 28.3 Å². The number of likely N-dealkylation sites (tertiary alicyclic amines) is 1. The Morgan fingerprint density at radius 3 is 2.58 bits per heavy atom. The number of carbonyl (C=O) groups excluding carboxylic acids is 2. The number of aromatic amines is 1. The van der Waals surface area contributed by atoms with Gasteiger partial charge in [0.2, 0.25) is 11.9 Å². The van der Waals surface area contributed by atoms with E-state index in [1.54, 1.807) is 18.3 Å². The second-order valence-corrected chi connectivity index (χ2v) is 11.2. The molecule has 2 saturated heterocycles. The van der Waals surface area contributed by atoms with Crippen LogP contribution in [0.3, 0.4) is 0 Å². The van der Waals surface area contributed by atoms with Gasteiger partial charge in [-0.15, -0.1) is 0 Å². The van der Waals surface area contributed by atoms with Gasteiger partial charge in [-0.2, -0.15) is 0 Å². The Balaban J connectivity index is 1.11. The van der Waals surface area contributed by atoms with E-state index in [0.29, 0.717) is 54.2 Å². The molecule has 2 aliphatic rings. The highest BCUT2D eigenvalue weighted by Gasteiger charge is 2.26. The summed E-state index contributed by atoms with van der Waals surface area (Å²) >= 11 is 6.50. The number of ether oxygens (including phenoxy) is 1. The number of rotatable bonds is 8. The predicted octanol–water partition coefficient (Wildman–Crippen LogP) is 5.71. The molecule has 2 aromatic carbocycles. The fourth-order valence-corrected chi connectivity index (χ4v) is 5.83. The van der Waals surface area contributed by atoms with E-state index in [4.69, 9.17) is 21.3 Å². The van der Waals surface area contributed by atoms with Gasteiger partial charge >= 0.3 is 0 Å². The van der Waals surface area contributed by atoms with Crippen LogP contribution in [0.15, 0.2) is 67.5 Å². The van der Waals surface area contributed by atoms with Crippen LogP contribution >= 0.6 is 11.6 Å². The van der Waals surface area contributed by atoms with Crippen molar-refractivity contribution in [1.29, 1.82) is 0 Å². The second kappa shape index (κ2) is 12.8. The molecule has 0 unspecified atom stereocenters. The number of nitrogens with one attached hydrogen (secondary N) is 4. The topological polar surface area (TPSA) is 124 Å². The number of fused-ring (bicyclic) bond motifs is 1. The summed E-state index contributed by atoms with van der Waals surface area (Å²) < 4.78 is 5.48. The highest BCUT2D eigenvalue weighted by molar-refractivity contribution is 6.33. The summed E-state index contributed by atoms with van der Waals surface area (Å²) in [4.78, 5) is 39.9. The van der Waals surface area contributed by atoms with Crippen LogP contribution in [0, 0.1) is 0 Å². The normalized spacial score (nSPS) is 16.2. The summed E-state index contributed by atoms with van der Waals surface area (Å²) in [6, 6.07) is 13.7. The van der Waals surface area contributed by atoms with Crippen molar-refractivity contribution < 1.29 is 14.3 Å². The molecule has 0 aliphatic carbocycles. The molecule has 6 rings (SSSR count). The predicted molar refractivity (Wildman–Crippen MR) is 170 cm³/mol. The number of benzene rings is 2. The number of para-hydroxylation sites is 1. The molecule has 0 radical (unpaired) electrons. The number of H-pyrrole nitrogens is 1. The number of aromatic nitrogens is 3. The highest BCUT2D eigenvalue weighted by Crippen LogP contribution is 2.33. The van der Waals surface area contributed by atoms with Crippen molar-refractivity contribution in [3.63, 3.8) is 0 Å². The van der Waals surface area contributed by atoms with Gasteiger partial charge in [0.15, 0.2) is 0 Å². The molecule has 4 aromatic rings. The van der Waals surface area contributed by atoms with E-state index < -0.39 is 0 Å². The second-order valence-electron chi connectivity index (χ2n) is 10.8. The minimum Gasteiger partial charge on any atom is -0.381 e. The van der Waals surface area contributed by atoms with Crippen LogP contribution in [-0.4, -0.2) is 70.1 Å². The average molecular weight is 600 g/mol. The summed E-state index contributed by atoms with van der Waals surface area (Å²) in [5, 5.41) is 11.3. The number of hydrogen-bond donors (Lipinski definition) is 4. The van der Waals surface area contributed by atoms with E-state index in [1.165, 1.54) is 6.08 Å². The Bertz CT molecular complexity index is 1640. The van der Waals surface area contributed by atoms with Crippen LogP contribution in [0.1, 0.15) is 36.0 Å². The maximum absolute atomic E-state index is 13.5. The van der Waals surface area contributed by atoms with Crippen molar-refractivity contribution in [1.82, 2.24) is 19.9 Å². The number of carbonyl (C=O) groups is 2. The number of piperidine rings is 1. The minimum absolute atomic E-state index is 0.0422. The molecular weight excluding hydrogens is 566 g/mol. The Labute approximate surface area is 254 Å². The lowest BCUT2D eigenvalue weighted by molar-refractivity contribution is -0.111. The Morgan fingerprint density at radius 2 is 1.79 bits per heavy atom. The molecule has 4 heterocycles. The maximum atomic E-state index is 13.5. The fraction of sp³-hybridized carbons (Fsp3) is 0.312. The van der Waals surface area contributed by atoms with E-state index in [9.17, 15) is 9.59 Å². The van der Waals surface area contributed by atoms with Gasteiger partial charge in [0.25, 0.3) is 5.91 Å². The molecule has 0 bridgehead atoms. The van der Waals surface area contributed by atoms with Gasteiger partial charge in [-0.05, 0) is 56.0 Å². The number of amides is 2. The Hall–Kier alpha value is -4.41. The highest BCUT2D eigenvalue weighted by atomic mass is 35.5. The molecule has 2 amide bonds. The molecule has 4 N–H and O–H groups in total. The standard InChI is InChI=1S/C32H34ClN7O3/c1-2-29(41)38-27-8-7-20(17-28(27)36-22-11-15-43-16-12-22)31(42)40-13-9-21(10-14-40)37-32-35-19-25(33)30(39-32)24-18-34-26-6-4-3-5-23(24)26/h2-8,17-19,21-22,34,36H,1,9-16H2,(H,38,41)(H,35,37,39). The number of nitrogens with zero attached hydrogens (tertiary/aromatic N) is 3. The minimum atomic E-state index is -0.304. The van der Waals surface area contributed by atoms with Crippen LogP contribution in [0.2, 0.25) is 5.02 Å². The zero-order valence-electron chi connectivity index (χ0n) is 23.7. The summed E-state index contributed by atoms with van der Waals surface area (Å²) in [5.74, 6) is 0.164. The molecule has 222 valence electrons. The molecule has 0 spiro atoms. The summed E-state index contributed by atoms with van der Waals surface area (Å²) in [6.07, 6.45) is 7.98. The van der Waals surface area contributed by atoms with Crippen LogP contribution in [0.25, 0.3) is 22.2 Å². The smallest absolute Gasteiger partial charge is 0.253 e. The lowest BCUT2D eigenvalue weighted by Crippen LogP contribution is -2.42. The monoisotopic (exact) mass is 599 g/mol. The first-order valence-electron chi connectivity index (χ1n) is 14.5. The van der Waals surface area contributed by atoms with Gasteiger partial charge in [-0.1, -0.05) is 36.4 Å². The van der Waals surface area contributed by atoms with Crippen molar-refractivity contribution in [2.24, 2.45) is 0 Å². The number of hydrogen-bond acceptors (Lipinski definition) is 7. The zero-order chi connectivity index (χ0) is 29.8. The van der Waals surface area contributed by atoms with Crippen molar-refractivity contribution in [3.05, 3.63) is 78.1 Å². The van der Waals surface area contributed by atoms with E-state index in [0.717, 1.165) is 47.8 Å². The van der Waals surface area contributed by atoms with Crippen LogP contribution in [-0.2, 0) is 9.53 Å². The van der Waals surface area contributed by atoms with Crippen molar-refractivity contribution in [2.75, 3.05) is 42.3 Å². The first-order valence-corrected chi connectivity index (χ1v) is 14.9. The first kappa shape index (κ1) is 28.7. The van der Waals surface area contributed by atoms with Gasteiger partial charge in [0, 0.05) is 66.6 Å². The molecule has 2 fully saturated rings. The van der Waals surface area contributed by atoms with Crippen molar-refractivity contribution >= 4 is 51.6 Å². The van der Waals surface area contributed by atoms with Gasteiger partial charge < -0.3 is 30.6 Å². The summed E-state index contributed by atoms with van der Waals surface area (Å²) in [7, 11) is 0. The van der Waals surface area contributed by atoms with E-state index in [-0.39, 0.29) is 23.9 Å². The molecule has 11 heteroatoms. The van der Waals surface area contributed by atoms with Gasteiger partial charge in [0.1, 0.15) is 0 Å². The molecule has 10 nitrogen and oxygen atoms in total. The average Bonchev–Trinajstić information content (AvgIpc) is 3.47. The van der Waals surface area contributed by atoms with Gasteiger partial charge in [-0.25, -0.2) is 9.97 Å². The first-order chi connectivity index (χ1) is 21.0. The molecule has 0 saturated carbocycles. The summed E-state index contributed by atoms with van der Waals surface area (Å²) in [6.45, 7) is 6.09. The van der Waals surface area contributed by atoms with Crippen LogP contribution < -0.4 is 16.0 Å². The zero-order valence-corrected chi connectivity index (χ0v) is 24.5. The molecule has 2 aromatic heterocycles.